The molecule has 1 aliphatic heterocycles. The Morgan fingerprint density at radius 2 is 1.75 bits per heavy atom. The average Bonchev–Trinajstić information content (AvgIpc) is 3.31. The Bertz CT molecular complexity index is 1340. The van der Waals surface area contributed by atoms with E-state index in [1.54, 1.807) is 41.2 Å². The van der Waals surface area contributed by atoms with Crippen LogP contribution in [-0.4, -0.2) is 47.6 Å². The second-order valence-electron chi connectivity index (χ2n) is 8.87. The molecule has 1 aromatic heterocycles. The van der Waals surface area contributed by atoms with Crippen molar-refractivity contribution >= 4 is 15.7 Å². The monoisotopic (exact) mass is 523 g/mol. The number of likely N-dealkylation sites (tertiary alicyclic amines) is 1. The highest BCUT2D eigenvalue weighted by Crippen LogP contribution is 2.32. The maximum atomic E-state index is 14.2. The van der Waals surface area contributed by atoms with Gasteiger partial charge in [-0.2, -0.15) is 13.2 Å². The number of hydrogen-bond donors (Lipinski definition) is 0. The van der Waals surface area contributed by atoms with Crippen LogP contribution in [0.1, 0.15) is 46.1 Å². The molecule has 1 saturated heterocycles. The van der Waals surface area contributed by atoms with Crippen molar-refractivity contribution < 1.29 is 30.8 Å². The maximum Gasteiger partial charge on any atom is 0.416 e. The number of hydrogen-bond acceptors (Lipinski definition) is 4. The number of imidazole rings is 1. The first-order valence-corrected chi connectivity index (χ1v) is 13.1. The van der Waals surface area contributed by atoms with Gasteiger partial charge < -0.3 is 9.47 Å². The standard InChI is InChI=1S/C25H25F4N3O3S/c1-17-2-5-20(6-3-17)36(34,35)15-14-31-13-10-30-23(31)18-8-11-32(12-9-18)24(33)21-16-19(25(27,28)29)4-7-22(21)26/h2-7,10,13,16,18H,8-9,11-12,14-15H2,1H3. The fourth-order valence-electron chi connectivity index (χ4n) is 4.33. The summed E-state index contributed by atoms with van der Waals surface area (Å²) in [5.74, 6) is -1.28. The molecule has 1 amide bonds. The minimum absolute atomic E-state index is 0.0718. The number of piperidine rings is 1. The van der Waals surface area contributed by atoms with E-state index in [0.29, 0.717) is 36.9 Å². The number of rotatable bonds is 6. The lowest BCUT2D eigenvalue weighted by Gasteiger charge is -2.32. The van der Waals surface area contributed by atoms with Gasteiger partial charge in [0.25, 0.3) is 5.91 Å². The van der Waals surface area contributed by atoms with Gasteiger partial charge in [-0.25, -0.2) is 17.8 Å². The Balaban J connectivity index is 1.40. The van der Waals surface area contributed by atoms with Gasteiger partial charge in [0, 0.05) is 37.9 Å². The predicted octanol–water partition coefficient (Wildman–Crippen LogP) is 4.84. The van der Waals surface area contributed by atoms with Crippen molar-refractivity contribution in [1.29, 1.82) is 0 Å². The normalized spacial score (nSPS) is 15.3. The molecule has 3 aromatic rings. The van der Waals surface area contributed by atoms with E-state index in [9.17, 15) is 30.8 Å². The molecule has 11 heteroatoms. The zero-order valence-electron chi connectivity index (χ0n) is 19.5. The van der Waals surface area contributed by atoms with Crippen molar-refractivity contribution in [2.45, 2.75) is 43.3 Å². The molecule has 2 aromatic carbocycles. The van der Waals surface area contributed by atoms with Crippen molar-refractivity contribution in [3.8, 4) is 0 Å². The smallest absolute Gasteiger partial charge is 0.339 e. The van der Waals surface area contributed by atoms with E-state index in [1.807, 2.05) is 6.92 Å². The molecule has 0 aliphatic carbocycles. The number of alkyl halides is 3. The fraction of sp³-hybridized carbons (Fsp3) is 0.360. The summed E-state index contributed by atoms with van der Waals surface area (Å²) in [6, 6.07) is 8.47. The number of aryl methyl sites for hydroxylation is 2. The third-order valence-electron chi connectivity index (χ3n) is 6.40. The minimum Gasteiger partial charge on any atom is -0.339 e. The number of carbonyl (C=O) groups is 1. The molecule has 1 fully saturated rings. The molecule has 192 valence electrons. The van der Waals surface area contributed by atoms with Gasteiger partial charge in [-0.1, -0.05) is 17.7 Å². The molecular weight excluding hydrogens is 498 g/mol. The summed E-state index contributed by atoms with van der Waals surface area (Å²) in [5, 5.41) is 0. The number of amides is 1. The van der Waals surface area contributed by atoms with E-state index >= 15 is 0 Å². The van der Waals surface area contributed by atoms with Crippen LogP contribution in [0, 0.1) is 12.7 Å². The van der Waals surface area contributed by atoms with Crippen LogP contribution in [0.15, 0.2) is 59.8 Å². The van der Waals surface area contributed by atoms with Gasteiger partial charge in [-0.05, 0) is 50.1 Å². The van der Waals surface area contributed by atoms with E-state index < -0.39 is 38.9 Å². The molecule has 36 heavy (non-hydrogen) atoms. The van der Waals surface area contributed by atoms with Crippen molar-refractivity contribution in [3.05, 3.63) is 83.2 Å². The maximum absolute atomic E-state index is 14.2. The summed E-state index contributed by atoms with van der Waals surface area (Å²) >= 11 is 0. The van der Waals surface area contributed by atoms with Gasteiger partial charge >= 0.3 is 6.18 Å². The van der Waals surface area contributed by atoms with E-state index in [0.717, 1.165) is 5.56 Å². The summed E-state index contributed by atoms with van der Waals surface area (Å²) in [6.45, 7) is 2.52. The molecule has 4 rings (SSSR count). The summed E-state index contributed by atoms with van der Waals surface area (Å²) in [5.41, 5.74) is -0.720. The lowest BCUT2D eigenvalue weighted by Crippen LogP contribution is -2.39. The Labute approximate surface area is 206 Å². The molecule has 6 nitrogen and oxygen atoms in total. The van der Waals surface area contributed by atoms with Gasteiger partial charge in [0.1, 0.15) is 11.6 Å². The number of nitrogens with zero attached hydrogens (tertiary/aromatic N) is 3. The molecular formula is C25H25F4N3O3S. The number of halogens is 4. The molecule has 0 atom stereocenters. The zero-order chi connectivity index (χ0) is 26.1. The Hall–Kier alpha value is -3.21. The second-order valence-corrected chi connectivity index (χ2v) is 11.0. The van der Waals surface area contributed by atoms with Gasteiger partial charge in [-0.3, -0.25) is 4.79 Å². The van der Waals surface area contributed by atoms with Crippen molar-refractivity contribution in [2.24, 2.45) is 0 Å². The van der Waals surface area contributed by atoms with Crippen LogP contribution < -0.4 is 0 Å². The number of carbonyl (C=O) groups excluding carboxylic acids is 1. The van der Waals surface area contributed by atoms with E-state index in [2.05, 4.69) is 4.98 Å². The topological polar surface area (TPSA) is 72.3 Å². The summed E-state index contributed by atoms with van der Waals surface area (Å²) in [4.78, 5) is 18.7. The Morgan fingerprint density at radius 1 is 1.08 bits per heavy atom. The van der Waals surface area contributed by atoms with E-state index in [1.165, 1.54) is 4.90 Å². The minimum atomic E-state index is -4.68. The average molecular weight is 524 g/mol. The lowest BCUT2D eigenvalue weighted by atomic mass is 9.95. The largest absolute Gasteiger partial charge is 0.416 e. The first-order valence-electron chi connectivity index (χ1n) is 11.4. The van der Waals surface area contributed by atoms with E-state index in [4.69, 9.17) is 0 Å². The highest BCUT2D eigenvalue weighted by molar-refractivity contribution is 7.91. The molecule has 0 bridgehead atoms. The van der Waals surface area contributed by atoms with Crippen molar-refractivity contribution in [1.82, 2.24) is 14.5 Å². The highest BCUT2D eigenvalue weighted by Gasteiger charge is 2.33. The number of aromatic nitrogens is 2. The van der Waals surface area contributed by atoms with Gasteiger partial charge in [0.15, 0.2) is 9.84 Å². The third kappa shape index (κ3) is 5.61. The molecule has 0 spiro atoms. The summed E-state index contributed by atoms with van der Waals surface area (Å²) in [6.07, 6.45) is -0.458. The fourth-order valence-corrected chi connectivity index (χ4v) is 5.55. The third-order valence-corrected chi connectivity index (χ3v) is 8.11. The number of benzene rings is 2. The highest BCUT2D eigenvalue weighted by atomic mass is 32.2. The van der Waals surface area contributed by atoms with Crippen LogP contribution in [0.4, 0.5) is 17.6 Å². The quantitative estimate of drug-likeness (QED) is 0.434. The van der Waals surface area contributed by atoms with Crippen LogP contribution >= 0.6 is 0 Å². The predicted molar refractivity (Wildman–Crippen MR) is 125 cm³/mol. The van der Waals surface area contributed by atoms with Crippen molar-refractivity contribution in [2.75, 3.05) is 18.8 Å². The van der Waals surface area contributed by atoms with Gasteiger partial charge in [-0.15, -0.1) is 0 Å². The second kappa shape index (κ2) is 10.0. The van der Waals surface area contributed by atoms with Gasteiger partial charge in [0.05, 0.1) is 21.8 Å². The first-order chi connectivity index (χ1) is 17.0. The van der Waals surface area contributed by atoms with Crippen LogP contribution in [-0.2, 0) is 22.6 Å². The zero-order valence-corrected chi connectivity index (χ0v) is 20.3. The van der Waals surface area contributed by atoms with Crippen LogP contribution in [0.2, 0.25) is 0 Å². The summed E-state index contributed by atoms with van der Waals surface area (Å²) in [7, 11) is -3.49. The lowest BCUT2D eigenvalue weighted by molar-refractivity contribution is -0.137. The van der Waals surface area contributed by atoms with Crippen LogP contribution in [0.25, 0.3) is 0 Å². The Morgan fingerprint density at radius 3 is 2.39 bits per heavy atom. The molecule has 0 radical (unpaired) electrons. The van der Waals surface area contributed by atoms with Crippen LogP contribution in [0.5, 0.6) is 0 Å². The van der Waals surface area contributed by atoms with Crippen LogP contribution in [0.3, 0.4) is 0 Å². The summed E-state index contributed by atoms with van der Waals surface area (Å²) < 4.78 is 80.4. The first kappa shape index (κ1) is 25.9. The molecule has 1 aliphatic rings. The Kier molecular flexibility index (Phi) is 7.21. The SMILES string of the molecule is Cc1ccc(S(=O)(=O)CCn2ccnc2C2CCN(C(=O)c3cc(C(F)(F)F)ccc3F)CC2)cc1. The molecule has 0 unspecified atom stereocenters. The molecule has 0 saturated carbocycles. The number of sulfone groups is 1. The van der Waals surface area contributed by atoms with Gasteiger partial charge in [0.2, 0.25) is 0 Å². The van der Waals surface area contributed by atoms with E-state index in [-0.39, 0.29) is 36.2 Å². The molecule has 2 heterocycles. The molecule has 0 N–H and O–H groups in total. The van der Waals surface area contributed by atoms with Crippen molar-refractivity contribution in [3.63, 3.8) is 0 Å².